The minimum atomic E-state index is 1.03. The summed E-state index contributed by atoms with van der Waals surface area (Å²) in [5, 5.41) is 0. The highest BCUT2D eigenvalue weighted by atomic mass is 14.8. The minimum absolute atomic E-state index is 1.03. The molecule has 0 unspecified atom stereocenters. The molecule has 0 aromatic heterocycles. The highest BCUT2D eigenvalue weighted by Gasteiger charge is 2.09. The number of benzene rings is 1. The van der Waals surface area contributed by atoms with Crippen LogP contribution in [-0.4, -0.2) is 5.71 Å². The first-order chi connectivity index (χ1) is 6.29. The largest absolute Gasteiger partial charge is 0.253 e. The highest BCUT2D eigenvalue weighted by Crippen LogP contribution is 2.26. The van der Waals surface area contributed by atoms with Gasteiger partial charge >= 0.3 is 0 Å². The Hall–Kier alpha value is -1.37. The average molecular weight is 171 g/mol. The molecule has 66 valence electrons. The fourth-order valence-corrected chi connectivity index (χ4v) is 1.64. The first-order valence-corrected chi connectivity index (χ1v) is 4.59. The molecule has 0 atom stereocenters. The van der Waals surface area contributed by atoms with Gasteiger partial charge in [-0.3, -0.25) is 4.99 Å². The fraction of sp³-hybridized carbons (Fsp3) is 0.250. The van der Waals surface area contributed by atoms with Gasteiger partial charge < -0.3 is 0 Å². The summed E-state index contributed by atoms with van der Waals surface area (Å²) in [6.07, 6.45) is 3.98. The smallest absolute Gasteiger partial charge is 0.0665 e. The maximum atomic E-state index is 4.50. The van der Waals surface area contributed by atoms with Crippen LogP contribution in [0.15, 0.2) is 35.8 Å². The van der Waals surface area contributed by atoms with Crippen LogP contribution in [0.3, 0.4) is 0 Å². The van der Waals surface area contributed by atoms with Gasteiger partial charge in [0.15, 0.2) is 0 Å². The van der Waals surface area contributed by atoms with E-state index >= 15 is 0 Å². The van der Waals surface area contributed by atoms with E-state index < -0.39 is 0 Å². The van der Waals surface area contributed by atoms with Gasteiger partial charge in [-0.2, -0.15) is 0 Å². The minimum Gasteiger partial charge on any atom is -0.253 e. The van der Waals surface area contributed by atoms with Gasteiger partial charge in [0.1, 0.15) is 0 Å². The molecule has 0 aliphatic carbocycles. The molecule has 13 heavy (non-hydrogen) atoms. The van der Waals surface area contributed by atoms with Gasteiger partial charge in [-0.1, -0.05) is 24.3 Å². The van der Waals surface area contributed by atoms with Crippen LogP contribution < -0.4 is 0 Å². The molecule has 1 nitrogen and oxygen atoms in total. The van der Waals surface area contributed by atoms with Crippen LogP contribution in [0.2, 0.25) is 0 Å². The van der Waals surface area contributed by atoms with Crippen LogP contribution >= 0.6 is 0 Å². The second kappa shape index (κ2) is 3.17. The molecule has 0 amide bonds. The molecule has 0 radical (unpaired) electrons. The normalized spacial score (nSPS) is 14.7. The quantitative estimate of drug-likeness (QED) is 0.615. The fourth-order valence-electron chi connectivity index (χ4n) is 1.64. The van der Waals surface area contributed by atoms with Crippen LogP contribution in [0.25, 0.3) is 0 Å². The molecule has 1 aromatic rings. The lowest BCUT2D eigenvalue weighted by Crippen LogP contribution is -2.02. The zero-order chi connectivity index (χ0) is 9.26. The van der Waals surface area contributed by atoms with E-state index in [0.29, 0.717) is 0 Å². The van der Waals surface area contributed by atoms with E-state index in [1.807, 2.05) is 6.08 Å². The molecule has 0 saturated carbocycles. The van der Waals surface area contributed by atoms with Crippen molar-refractivity contribution >= 4 is 11.4 Å². The summed E-state index contributed by atoms with van der Waals surface area (Å²) in [6, 6.07) is 6.42. The van der Waals surface area contributed by atoms with Crippen molar-refractivity contribution in [2.45, 2.75) is 19.8 Å². The molecule has 1 heteroatoms. The summed E-state index contributed by atoms with van der Waals surface area (Å²) in [4.78, 5) is 4.50. The summed E-state index contributed by atoms with van der Waals surface area (Å²) >= 11 is 0. The molecule has 2 rings (SSSR count). The van der Waals surface area contributed by atoms with Gasteiger partial charge in [-0.25, -0.2) is 0 Å². The molecular weight excluding hydrogens is 158 g/mol. The van der Waals surface area contributed by atoms with Crippen LogP contribution in [0.5, 0.6) is 0 Å². The number of hydrogen-bond acceptors (Lipinski definition) is 1. The molecule has 1 aliphatic heterocycles. The zero-order valence-electron chi connectivity index (χ0n) is 7.88. The average Bonchev–Trinajstić information content (AvgIpc) is 2.17. The van der Waals surface area contributed by atoms with Gasteiger partial charge in [-0.15, -0.1) is 0 Å². The summed E-state index contributed by atoms with van der Waals surface area (Å²) < 4.78 is 0. The maximum Gasteiger partial charge on any atom is 0.0665 e. The molecular formula is C12H13N. The number of nitrogens with zero attached hydrogens (tertiary/aromatic N) is 1. The van der Waals surface area contributed by atoms with Crippen molar-refractivity contribution in [3.05, 3.63) is 42.0 Å². The van der Waals surface area contributed by atoms with Crippen molar-refractivity contribution < 1.29 is 0 Å². The van der Waals surface area contributed by atoms with Crippen LogP contribution in [0, 0.1) is 6.92 Å². The molecule has 0 N–H and O–H groups in total. The number of allylic oxidation sites excluding steroid dienone is 1. The third-order valence-corrected chi connectivity index (χ3v) is 2.39. The van der Waals surface area contributed by atoms with Crippen molar-refractivity contribution in [2.24, 2.45) is 4.99 Å². The van der Waals surface area contributed by atoms with Crippen molar-refractivity contribution in [1.29, 1.82) is 0 Å². The number of fused-ring (bicyclic) bond motifs is 1. The Morgan fingerprint density at radius 3 is 3.00 bits per heavy atom. The third kappa shape index (κ3) is 1.55. The van der Waals surface area contributed by atoms with Gasteiger partial charge in [0.2, 0.25) is 0 Å². The first-order valence-electron chi connectivity index (χ1n) is 4.59. The summed E-state index contributed by atoms with van der Waals surface area (Å²) in [7, 11) is 0. The molecule has 1 aromatic carbocycles. The van der Waals surface area contributed by atoms with E-state index in [9.17, 15) is 0 Å². The van der Waals surface area contributed by atoms with Gasteiger partial charge in [0, 0.05) is 5.71 Å². The van der Waals surface area contributed by atoms with Gasteiger partial charge in [0.05, 0.1) is 5.69 Å². The van der Waals surface area contributed by atoms with E-state index in [4.69, 9.17) is 0 Å². The highest BCUT2D eigenvalue weighted by molar-refractivity contribution is 5.97. The monoisotopic (exact) mass is 171 g/mol. The Labute approximate surface area is 78.8 Å². The Morgan fingerprint density at radius 2 is 2.23 bits per heavy atom. The van der Waals surface area contributed by atoms with E-state index in [0.717, 1.165) is 24.2 Å². The third-order valence-electron chi connectivity index (χ3n) is 2.39. The topological polar surface area (TPSA) is 12.4 Å². The van der Waals surface area contributed by atoms with E-state index in [1.54, 1.807) is 0 Å². The van der Waals surface area contributed by atoms with Crippen molar-refractivity contribution in [2.75, 3.05) is 0 Å². The molecule has 1 heterocycles. The summed E-state index contributed by atoms with van der Waals surface area (Å²) in [5.74, 6) is 0. The zero-order valence-corrected chi connectivity index (χ0v) is 7.88. The van der Waals surface area contributed by atoms with Crippen LogP contribution in [0.1, 0.15) is 17.5 Å². The van der Waals surface area contributed by atoms with Gasteiger partial charge in [-0.05, 0) is 37.5 Å². The number of hydrogen-bond donors (Lipinski definition) is 0. The predicted octanol–water partition coefficient (Wildman–Crippen LogP) is 3.20. The molecule has 0 spiro atoms. The second-order valence-electron chi connectivity index (χ2n) is 3.44. The second-order valence-corrected chi connectivity index (χ2v) is 3.44. The van der Waals surface area contributed by atoms with E-state index in [-0.39, 0.29) is 0 Å². The lowest BCUT2D eigenvalue weighted by Gasteiger charge is -2.13. The lowest BCUT2D eigenvalue weighted by molar-refractivity contribution is 1.01. The molecule has 0 saturated heterocycles. The van der Waals surface area contributed by atoms with E-state index in [2.05, 4.69) is 36.7 Å². The van der Waals surface area contributed by atoms with Crippen molar-refractivity contribution in [1.82, 2.24) is 0 Å². The van der Waals surface area contributed by atoms with E-state index in [1.165, 1.54) is 11.1 Å². The van der Waals surface area contributed by atoms with Crippen molar-refractivity contribution in [3.63, 3.8) is 0 Å². The Balaban J connectivity index is 2.48. The Bertz CT molecular complexity index is 375. The van der Waals surface area contributed by atoms with Crippen LogP contribution in [-0.2, 0) is 6.42 Å². The standard InChI is InChI=1S/C12H13N/c1-3-11-6-5-10-8-9(2)4-7-12(10)13-11/h3-4,7-8H,1,5-6H2,2H3. The molecule has 0 fully saturated rings. The summed E-state index contributed by atoms with van der Waals surface area (Å²) in [6.45, 7) is 5.86. The number of aryl methyl sites for hydroxylation is 2. The molecule has 1 aliphatic rings. The number of rotatable bonds is 1. The van der Waals surface area contributed by atoms with Crippen LogP contribution in [0.4, 0.5) is 5.69 Å². The van der Waals surface area contributed by atoms with Gasteiger partial charge in [0.25, 0.3) is 0 Å². The first kappa shape index (κ1) is 8.24. The SMILES string of the molecule is C=CC1=Nc2ccc(C)cc2CC1. The number of aliphatic imine (C=N–C) groups is 1. The summed E-state index contributed by atoms with van der Waals surface area (Å²) in [5.41, 5.74) is 4.91. The Kier molecular flexibility index (Phi) is 2.01. The van der Waals surface area contributed by atoms with Crippen molar-refractivity contribution in [3.8, 4) is 0 Å². The Morgan fingerprint density at radius 1 is 1.38 bits per heavy atom. The lowest BCUT2D eigenvalue weighted by atomic mass is 10.00. The maximum absolute atomic E-state index is 4.50. The molecule has 0 bridgehead atoms. The predicted molar refractivity (Wildman–Crippen MR) is 56.8 cm³/mol.